The van der Waals surface area contributed by atoms with Crippen LogP contribution in [0.4, 0.5) is 5.82 Å². The lowest BCUT2D eigenvalue weighted by Gasteiger charge is -2.24. The van der Waals surface area contributed by atoms with Crippen molar-refractivity contribution < 1.29 is 14.3 Å². The monoisotopic (exact) mass is 435 g/mol. The molecule has 5 rings (SSSR count). The number of carbonyl (C=O) groups is 2. The summed E-state index contributed by atoms with van der Waals surface area (Å²) in [5.41, 5.74) is 1.80. The van der Waals surface area contributed by atoms with Crippen LogP contribution in [-0.2, 0) is 9.53 Å². The number of hydrogen-bond acceptors (Lipinski definition) is 5. The SMILES string of the molecule is CNC(=O)c1cnc(NC(=O)C2CC2)c2[nH]c(-c3cccn(C4CCCOC4)c3=O)cc12. The van der Waals surface area contributed by atoms with E-state index < -0.39 is 0 Å². The summed E-state index contributed by atoms with van der Waals surface area (Å²) < 4.78 is 7.27. The van der Waals surface area contributed by atoms with Gasteiger partial charge in [0, 0.05) is 37.4 Å². The third-order valence-corrected chi connectivity index (χ3v) is 6.12. The number of anilines is 1. The Hall–Kier alpha value is -3.46. The van der Waals surface area contributed by atoms with Gasteiger partial charge in [0.15, 0.2) is 5.82 Å². The largest absolute Gasteiger partial charge is 0.379 e. The molecule has 4 heterocycles. The summed E-state index contributed by atoms with van der Waals surface area (Å²) in [7, 11) is 1.55. The van der Waals surface area contributed by atoms with E-state index in [9.17, 15) is 14.4 Å². The highest BCUT2D eigenvalue weighted by atomic mass is 16.5. The Labute approximate surface area is 184 Å². The van der Waals surface area contributed by atoms with Gasteiger partial charge < -0.3 is 24.9 Å². The maximum atomic E-state index is 13.3. The lowest BCUT2D eigenvalue weighted by molar-refractivity contribution is -0.117. The minimum atomic E-state index is -0.294. The van der Waals surface area contributed by atoms with Crippen LogP contribution < -0.4 is 16.2 Å². The minimum Gasteiger partial charge on any atom is -0.379 e. The average Bonchev–Trinajstić information content (AvgIpc) is 3.58. The summed E-state index contributed by atoms with van der Waals surface area (Å²) in [5, 5.41) is 6.07. The zero-order valence-corrected chi connectivity index (χ0v) is 17.8. The number of H-pyrrole nitrogens is 1. The lowest BCUT2D eigenvalue weighted by Crippen LogP contribution is -2.30. The van der Waals surface area contributed by atoms with Crippen molar-refractivity contribution in [3.63, 3.8) is 0 Å². The zero-order chi connectivity index (χ0) is 22.2. The molecule has 0 aromatic carbocycles. The molecule has 2 fully saturated rings. The Kier molecular flexibility index (Phi) is 5.26. The molecule has 0 bridgehead atoms. The molecule has 0 radical (unpaired) electrons. The van der Waals surface area contributed by atoms with Crippen molar-refractivity contribution in [1.29, 1.82) is 0 Å². The van der Waals surface area contributed by atoms with Crippen LogP contribution >= 0.6 is 0 Å². The Morgan fingerprint density at radius 3 is 2.84 bits per heavy atom. The maximum Gasteiger partial charge on any atom is 0.260 e. The Bertz CT molecular complexity index is 1250. The zero-order valence-electron chi connectivity index (χ0n) is 17.8. The van der Waals surface area contributed by atoms with Crippen molar-refractivity contribution >= 4 is 28.5 Å². The summed E-state index contributed by atoms with van der Waals surface area (Å²) in [6.07, 6.45) is 6.78. The molecule has 9 heteroatoms. The number of fused-ring (bicyclic) bond motifs is 1. The van der Waals surface area contributed by atoms with Crippen LogP contribution in [0.2, 0.25) is 0 Å². The Morgan fingerprint density at radius 2 is 2.12 bits per heavy atom. The molecular weight excluding hydrogens is 410 g/mol. The molecule has 1 atom stereocenters. The highest BCUT2D eigenvalue weighted by Gasteiger charge is 2.30. The van der Waals surface area contributed by atoms with E-state index in [1.807, 2.05) is 6.07 Å². The summed E-state index contributed by atoms with van der Waals surface area (Å²) in [6.45, 7) is 1.23. The van der Waals surface area contributed by atoms with E-state index in [1.165, 1.54) is 6.20 Å². The predicted molar refractivity (Wildman–Crippen MR) is 120 cm³/mol. The first-order chi connectivity index (χ1) is 15.6. The second kappa shape index (κ2) is 8.23. The highest BCUT2D eigenvalue weighted by Crippen LogP contribution is 2.33. The van der Waals surface area contributed by atoms with Gasteiger partial charge in [-0.05, 0) is 43.9 Å². The van der Waals surface area contributed by atoms with Gasteiger partial charge >= 0.3 is 0 Å². The van der Waals surface area contributed by atoms with Gasteiger partial charge in [0.2, 0.25) is 5.91 Å². The van der Waals surface area contributed by atoms with Crippen LogP contribution in [0, 0.1) is 5.92 Å². The quantitative estimate of drug-likeness (QED) is 0.569. The van der Waals surface area contributed by atoms with Crippen LogP contribution in [0.5, 0.6) is 0 Å². The standard InChI is InChI=1S/C23H25N5O4/c1-24-22(30)17-11-25-20(27-21(29)13-6-7-13)19-16(17)10-18(26-19)15-5-2-8-28(23(15)31)14-4-3-9-32-12-14/h2,5,8,10-11,13-14,26H,3-4,6-7,9,12H2,1H3,(H,24,30)(H,25,27,29). The number of carbonyl (C=O) groups excluding carboxylic acids is 2. The van der Waals surface area contributed by atoms with Crippen molar-refractivity contribution in [2.75, 3.05) is 25.6 Å². The van der Waals surface area contributed by atoms with Gasteiger partial charge in [-0.15, -0.1) is 0 Å². The number of rotatable bonds is 5. The molecule has 1 unspecified atom stereocenters. The average molecular weight is 435 g/mol. The summed E-state index contributed by atoms with van der Waals surface area (Å²) >= 11 is 0. The molecule has 1 aliphatic carbocycles. The topological polar surface area (TPSA) is 118 Å². The van der Waals surface area contributed by atoms with Crippen molar-refractivity contribution in [2.45, 2.75) is 31.7 Å². The van der Waals surface area contributed by atoms with Crippen molar-refractivity contribution in [3.05, 3.63) is 46.5 Å². The van der Waals surface area contributed by atoms with Crippen LogP contribution in [0.25, 0.3) is 22.2 Å². The molecule has 32 heavy (non-hydrogen) atoms. The fourth-order valence-electron chi connectivity index (χ4n) is 4.18. The first kappa shape index (κ1) is 20.4. The van der Waals surface area contributed by atoms with Gasteiger partial charge in [-0.2, -0.15) is 0 Å². The van der Waals surface area contributed by atoms with Crippen LogP contribution in [0.1, 0.15) is 42.1 Å². The van der Waals surface area contributed by atoms with E-state index in [2.05, 4.69) is 20.6 Å². The normalized spacial score (nSPS) is 18.5. The number of ether oxygens (including phenoxy) is 1. The number of aromatic amines is 1. The molecule has 0 spiro atoms. The smallest absolute Gasteiger partial charge is 0.260 e. The van der Waals surface area contributed by atoms with E-state index in [0.717, 1.165) is 32.3 Å². The molecule has 166 valence electrons. The fourth-order valence-corrected chi connectivity index (χ4v) is 4.18. The number of pyridine rings is 2. The second-order valence-corrected chi connectivity index (χ2v) is 8.34. The van der Waals surface area contributed by atoms with Gasteiger partial charge in [0.25, 0.3) is 11.5 Å². The summed E-state index contributed by atoms with van der Waals surface area (Å²) in [6, 6.07) is 5.36. The fraction of sp³-hybridized carbons (Fsp3) is 0.391. The van der Waals surface area contributed by atoms with E-state index in [4.69, 9.17) is 4.74 Å². The number of aromatic nitrogens is 3. The van der Waals surface area contributed by atoms with Crippen molar-refractivity contribution in [3.8, 4) is 11.3 Å². The van der Waals surface area contributed by atoms with E-state index in [0.29, 0.717) is 40.1 Å². The van der Waals surface area contributed by atoms with Crippen LogP contribution in [0.3, 0.4) is 0 Å². The predicted octanol–water partition coefficient (Wildman–Crippen LogP) is 2.45. The molecule has 1 aliphatic heterocycles. The lowest BCUT2D eigenvalue weighted by atomic mass is 10.1. The molecule has 2 amide bonds. The second-order valence-electron chi connectivity index (χ2n) is 8.34. The number of hydrogen-bond donors (Lipinski definition) is 3. The first-order valence-corrected chi connectivity index (χ1v) is 10.9. The van der Waals surface area contributed by atoms with Gasteiger partial charge in [-0.25, -0.2) is 4.98 Å². The van der Waals surface area contributed by atoms with Crippen LogP contribution in [0.15, 0.2) is 35.4 Å². The molecule has 9 nitrogen and oxygen atoms in total. The first-order valence-electron chi connectivity index (χ1n) is 10.9. The third-order valence-electron chi connectivity index (χ3n) is 6.12. The van der Waals surface area contributed by atoms with Crippen LogP contribution in [-0.4, -0.2) is 46.6 Å². The molecule has 1 saturated carbocycles. The van der Waals surface area contributed by atoms with Gasteiger partial charge in [0.05, 0.1) is 35.0 Å². The third kappa shape index (κ3) is 3.69. The summed E-state index contributed by atoms with van der Waals surface area (Å²) in [5.74, 6) is -0.00775. The number of amides is 2. The molecule has 3 N–H and O–H groups in total. The van der Waals surface area contributed by atoms with E-state index >= 15 is 0 Å². The highest BCUT2D eigenvalue weighted by molar-refractivity contribution is 6.11. The molecular formula is C23H25N5O4. The number of nitrogens with one attached hydrogen (secondary N) is 3. The minimum absolute atomic E-state index is 0.00272. The Balaban J connectivity index is 1.61. The molecule has 3 aromatic heterocycles. The number of nitrogens with zero attached hydrogens (tertiary/aromatic N) is 2. The summed E-state index contributed by atoms with van der Waals surface area (Å²) in [4.78, 5) is 45.6. The van der Waals surface area contributed by atoms with Gasteiger partial charge in [-0.1, -0.05) is 0 Å². The van der Waals surface area contributed by atoms with Crippen molar-refractivity contribution in [2.24, 2.45) is 5.92 Å². The van der Waals surface area contributed by atoms with Crippen molar-refractivity contribution in [1.82, 2.24) is 19.9 Å². The van der Waals surface area contributed by atoms with E-state index in [1.54, 1.807) is 29.9 Å². The molecule has 2 aliphatic rings. The van der Waals surface area contributed by atoms with E-state index in [-0.39, 0.29) is 29.3 Å². The molecule has 3 aromatic rings. The Morgan fingerprint density at radius 1 is 1.28 bits per heavy atom. The maximum absolute atomic E-state index is 13.3. The van der Waals surface area contributed by atoms with Gasteiger partial charge in [-0.3, -0.25) is 14.4 Å². The molecule has 1 saturated heterocycles. The van der Waals surface area contributed by atoms with Gasteiger partial charge in [0.1, 0.15) is 0 Å².